The summed E-state index contributed by atoms with van der Waals surface area (Å²) in [6.45, 7) is 1.24. The predicted molar refractivity (Wildman–Crippen MR) is 98.6 cm³/mol. The molecule has 0 aliphatic rings. The highest BCUT2D eigenvalue weighted by Gasteiger charge is 2.05. The van der Waals surface area contributed by atoms with Crippen LogP contribution in [0.15, 0.2) is 41.5 Å². The number of nitrogens with one attached hydrogen (secondary N) is 1. The van der Waals surface area contributed by atoms with Crippen molar-refractivity contribution in [2.75, 3.05) is 32.8 Å². The topological polar surface area (TPSA) is 91.0 Å². The van der Waals surface area contributed by atoms with E-state index in [1.165, 1.54) is 0 Å². The predicted octanol–water partition coefficient (Wildman–Crippen LogP) is 2.70. The number of hydrogen-bond acceptors (Lipinski definition) is 5. The highest BCUT2D eigenvalue weighted by Crippen LogP contribution is 2.27. The Morgan fingerprint density at radius 3 is 2.84 bits per heavy atom. The molecule has 0 spiro atoms. The lowest BCUT2D eigenvalue weighted by molar-refractivity contribution is 0.143. The van der Waals surface area contributed by atoms with Crippen LogP contribution >= 0.6 is 11.6 Å². The number of nitrogens with zero attached hydrogens (tertiary/aromatic N) is 2. The molecule has 1 aromatic heterocycles. The summed E-state index contributed by atoms with van der Waals surface area (Å²) >= 11 is 6.09. The zero-order chi connectivity index (χ0) is 18.1. The van der Waals surface area contributed by atoms with Crippen molar-refractivity contribution in [3.8, 4) is 11.6 Å². The normalized spacial score (nSPS) is 11.2. The van der Waals surface area contributed by atoms with Crippen LogP contribution in [0.3, 0.4) is 0 Å². The van der Waals surface area contributed by atoms with E-state index in [9.17, 15) is 0 Å². The average Bonchev–Trinajstić information content (AvgIpc) is 2.61. The lowest BCUT2D eigenvalue weighted by atomic mass is 10.3. The molecular weight excluding hydrogens is 344 g/mol. The van der Waals surface area contributed by atoms with E-state index in [4.69, 9.17) is 31.5 Å². The van der Waals surface area contributed by atoms with Crippen molar-refractivity contribution < 1.29 is 14.2 Å². The largest absolute Gasteiger partial charge is 0.495 e. The number of aliphatic imine (C=N–C) groups is 1. The number of rotatable bonds is 8. The van der Waals surface area contributed by atoms with Gasteiger partial charge in [-0.1, -0.05) is 17.7 Å². The molecule has 0 atom stereocenters. The van der Waals surface area contributed by atoms with Gasteiger partial charge in [-0.25, -0.2) is 9.98 Å². The third kappa shape index (κ3) is 5.81. The smallest absolute Gasteiger partial charge is 0.218 e. The molecule has 8 heteroatoms. The SMILES string of the molecule is COCCOc1ncccc1CN=C(N)Nc1ccc(OC)c(Cl)c1. The molecule has 134 valence electrons. The molecule has 25 heavy (non-hydrogen) atoms. The average molecular weight is 365 g/mol. The highest BCUT2D eigenvalue weighted by molar-refractivity contribution is 6.32. The molecule has 1 heterocycles. The fourth-order valence-electron chi connectivity index (χ4n) is 2.00. The number of anilines is 1. The van der Waals surface area contributed by atoms with E-state index in [0.29, 0.717) is 36.4 Å². The number of guanidine groups is 1. The van der Waals surface area contributed by atoms with E-state index < -0.39 is 0 Å². The molecule has 0 radical (unpaired) electrons. The van der Waals surface area contributed by atoms with E-state index in [0.717, 1.165) is 11.3 Å². The molecule has 0 unspecified atom stereocenters. The molecular formula is C17H21ClN4O3. The van der Waals surface area contributed by atoms with E-state index in [-0.39, 0.29) is 5.96 Å². The first-order chi connectivity index (χ1) is 12.1. The van der Waals surface area contributed by atoms with Crippen LogP contribution in [-0.4, -0.2) is 38.4 Å². The van der Waals surface area contributed by atoms with Crippen molar-refractivity contribution in [3.05, 3.63) is 47.1 Å². The Labute approximate surface area is 151 Å². The first-order valence-electron chi connectivity index (χ1n) is 7.60. The van der Waals surface area contributed by atoms with Crippen molar-refractivity contribution >= 4 is 23.2 Å². The second kappa shape index (κ2) is 9.71. The van der Waals surface area contributed by atoms with Crippen molar-refractivity contribution in [1.29, 1.82) is 0 Å². The monoisotopic (exact) mass is 364 g/mol. The third-order valence-corrected chi connectivity index (χ3v) is 3.52. The molecule has 0 amide bonds. The molecule has 2 aromatic rings. The van der Waals surface area contributed by atoms with Crippen LogP contribution in [0.2, 0.25) is 5.02 Å². The minimum absolute atomic E-state index is 0.257. The van der Waals surface area contributed by atoms with Gasteiger partial charge >= 0.3 is 0 Å². The molecule has 1 aromatic carbocycles. The molecule has 0 aliphatic heterocycles. The molecule has 0 aliphatic carbocycles. The Balaban J connectivity index is 2.00. The Morgan fingerprint density at radius 2 is 2.12 bits per heavy atom. The summed E-state index contributed by atoms with van der Waals surface area (Å²) in [7, 11) is 3.18. The number of ether oxygens (including phenoxy) is 3. The van der Waals surface area contributed by atoms with Crippen LogP contribution in [0, 0.1) is 0 Å². The summed E-state index contributed by atoms with van der Waals surface area (Å²) in [4.78, 5) is 8.51. The lowest BCUT2D eigenvalue weighted by Crippen LogP contribution is -2.22. The number of benzene rings is 1. The van der Waals surface area contributed by atoms with Gasteiger partial charge in [0.2, 0.25) is 5.88 Å². The van der Waals surface area contributed by atoms with E-state index >= 15 is 0 Å². The standard InChI is InChI=1S/C17H21ClN4O3/c1-23-8-9-25-16-12(4-3-7-20-16)11-21-17(19)22-13-5-6-15(24-2)14(18)10-13/h3-7,10H,8-9,11H2,1-2H3,(H3,19,21,22). The summed E-state index contributed by atoms with van der Waals surface area (Å²) in [6, 6.07) is 8.97. The van der Waals surface area contributed by atoms with Crippen LogP contribution in [0.5, 0.6) is 11.6 Å². The highest BCUT2D eigenvalue weighted by atomic mass is 35.5. The van der Waals surface area contributed by atoms with Gasteiger partial charge in [0.1, 0.15) is 12.4 Å². The van der Waals surface area contributed by atoms with E-state index in [1.807, 2.05) is 12.1 Å². The van der Waals surface area contributed by atoms with Crippen molar-refractivity contribution in [1.82, 2.24) is 4.98 Å². The van der Waals surface area contributed by atoms with Crippen LogP contribution in [-0.2, 0) is 11.3 Å². The van der Waals surface area contributed by atoms with Gasteiger partial charge in [-0.2, -0.15) is 0 Å². The minimum atomic E-state index is 0.257. The Bertz CT molecular complexity index is 725. The second-order valence-corrected chi connectivity index (χ2v) is 5.39. The molecule has 7 nitrogen and oxygen atoms in total. The fourth-order valence-corrected chi connectivity index (χ4v) is 2.26. The van der Waals surface area contributed by atoms with Gasteiger partial charge in [-0.05, 0) is 24.3 Å². The summed E-state index contributed by atoms with van der Waals surface area (Å²) < 4.78 is 15.6. The Hall–Kier alpha value is -2.51. The number of nitrogens with two attached hydrogens (primary N) is 1. The van der Waals surface area contributed by atoms with Crippen molar-refractivity contribution in [3.63, 3.8) is 0 Å². The third-order valence-electron chi connectivity index (χ3n) is 3.22. The van der Waals surface area contributed by atoms with Gasteiger partial charge in [0.25, 0.3) is 0 Å². The molecule has 0 saturated carbocycles. The van der Waals surface area contributed by atoms with Gasteiger partial charge in [-0.15, -0.1) is 0 Å². The van der Waals surface area contributed by atoms with Gasteiger partial charge in [0, 0.05) is 24.6 Å². The molecule has 0 fully saturated rings. The Kier molecular flexibility index (Phi) is 7.31. The second-order valence-electron chi connectivity index (χ2n) is 4.98. The summed E-state index contributed by atoms with van der Waals surface area (Å²) in [5.41, 5.74) is 7.48. The maximum absolute atomic E-state index is 6.09. The van der Waals surface area contributed by atoms with Gasteiger partial charge in [0.15, 0.2) is 5.96 Å². The minimum Gasteiger partial charge on any atom is -0.495 e. The van der Waals surface area contributed by atoms with Crippen molar-refractivity contribution in [2.45, 2.75) is 6.54 Å². The van der Waals surface area contributed by atoms with Gasteiger partial charge in [0.05, 0.1) is 25.3 Å². The summed E-state index contributed by atoms with van der Waals surface area (Å²) in [5.74, 6) is 1.37. The van der Waals surface area contributed by atoms with E-state index in [1.54, 1.807) is 38.6 Å². The number of hydrogen-bond donors (Lipinski definition) is 2. The zero-order valence-electron chi connectivity index (χ0n) is 14.2. The molecule has 2 rings (SSSR count). The van der Waals surface area contributed by atoms with Gasteiger partial charge in [-0.3, -0.25) is 0 Å². The molecule has 3 N–H and O–H groups in total. The number of pyridine rings is 1. The summed E-state index contributed by atoms with van der Waals surface area (Å²) in [6.07, 6.45) is 1.66. The first kappa shape index (κ1) is 18.8. The maximum Gasteiger partial charge on any atom is 0.218 e. The van der Waals surface area contributed by atoms with Gasteiger partial charge < -0.3 is 25.3 Å². The van der Waals surface area contributed by atoms with Crippen molar-refractivity contribution in [2.24, 2.45) is 10.7 Å². The number of halogens is 1. The van der Waals surface area contributed by atoms with Crippen LogP contribution in [0.25, 0.3) is 0 Å². The fraction of sp³-hybridized carbons (Fsp3) is 0.294. The summed E-state index contributed by atoms with van der Waals surface area (Å²) in [5, 5.41) is 3.47. The quantitative estimate of drug-likeness (QED) is 0.425. The van der Waals surface area contributed by atoms with E-state index in [2.05, 4.69) is 15.3 Å². The first-order valence-corrected chi connectivity index (χ1v) is 7.98. The van der Waals surface area contributed by atoms with Crippen LogP contribution in [0.4, 0.5) is 5.69 Å². The van der Waals surface area contributed by atoms with Crippen LogP contribution < -0.4 is 20.5 Å². The maximum atomic E-state index is 6.09. The number of methoxy groups -OCH3 is 2. The Morgan fingerprint density at radius 1 is 1.28 bits per heavy atom. The van der Waals surface area contributed by atoms with Crippen LogP contribution in [0.1, 0.15) is 5.56 Å². The number of aromatic nitrogens is 1. The lowest BCUT2D eigenvalue weighted by Gasteiger charge is -2.10. The molecule has 0 bridgehead atoms. The zero-order valence-corrected chi connectivity index (χ0v) is 14.9. The molecule has 0 saturated heterocycles.